The Kier molecular flexibility index (Phi) is 3.69. The Morgan fingerprint density at radius 3 is 2.94 bits per heavy atom. The molecule has 1 fully saturated rings. The highest BCUT2D eigenvalue weighted by Gasteiger charge is 2.28. The second-order valence-corrected chi connectivity index (χ2v) is 5.07. The zero-order valence-corrected chi connectivity index (χ0v) is 10.7. The first kappa shape index (κ1) is 12.4. The second kappa shape index (κ2) is 5.07. The number of halogens is 1. The van der Waals surface area contributed by atoms with Crippen LogP contribution in [0.25, 0.3) is 0 Å². The Morgan fingerprint density at radius 1 is 1.47 bits per heavy atom. The van der Waals surface area contributed by atoms with Gasteiger partial charge in [0, 0.05) is 37.0 Å². The van der Waals surface area contributed by atoms with Gasteiger partial charge >= 0.3 is 0 Å². The zero-order valence-electron chi connectivity index (χ0n) is 9.90. The molecule has 0 saturated carbocycles. The Hall–Kier alpha value is -1.06. The fourth-order valence-corrected chi connectivity index (χ4v) is 2.46. The van der Waals surface area contributed by atoms with Gasteiger partial charge in [0.15, 0.2) is 0 Å². The lowest BCUT2D eigenvalue weighted by atomic mass is 9.88. The molecular weight excluding hydrogens is 236 g/mol. The van der Waals surface area contributed by atoms with Crippen molar-refractivity contribution in [1.82, 2.24) is 4.90 Å². The van der Waals surface area contributed by atoms with E-state index in [9.17, 15) is 4.79 Å². The zero-order chi connectivity index (χ0) is 12.4. The summed E-state index contributed by atoms with van der Waals surface area (Å²) in [5.41, 5.74) is 7.23. The fourth-order valence-electron chi connectivity index (χ4n) is 2.27. The van der Waals surface area contributed by atoms with Gasteiger partial charge in [-0.1, -0.05) is 23.7 Å². The van der Waals surface area contributed by atoms with Crippen molar-refractivity contribution < 1.29 is 4.79 Å². The fraction of sp³-hybridized carbons (Fsp3) is 0.462. The molecule has 0 aliphatic carbocycles. The molecule has 3 nitrogen and oxygen atoms in total. The lowest BCUT2D eigenvalue weighted by Gasteiger charge is -2.20. The maximum absolute atomic E-state index is 11.9. The molecule has 0 bridgehead atoms. The Morgan fingerprint density at radius 2 is 2.24 bits per heavy atom. The number of rotatable bonds is 1. The van der Waals surface area contributed by atoms with E-state index in [1.54, 1.807) is 4.90 Å². The molecule has 1 aliphatic heterocycles. The maximum atomic E-state index is 11.9. The van der Waals surface area contributed by atoms with Crippen LogP contribution >= 0.6 is 11.6 Å². The van der Waals surface area contributed by atoms with Gasteiger partial charge in [0.2, 0.25) is 5.91 Å². The van der Waals surface area contributed by atoms with Crippen LogP contribution in [0.15, 0.2) is 24.3 Å². The van der Waals surface area contributed by atoms with Crippen LogP contribution in [0.4, 0.5) is 0 Å². The molecule has 1 saturated heterocycles. The van der Waals surface area contributed by atoms with E-state index in [4.69, 9.17) is 17.3 Å². The third-order valence-electron chi connectivity index (χ3n) is 3.41. The van der Waals surface area contributed by atoms with Gasteiger partial charge in [-0.25, -0.2) is 0 Å². The van der Waals surface area contributed by atoms with E-state index in [1.165, 1.54) is 0 Å². The first-order valence-electron chi connectivity index (χ1n) is 5.83. The summed E-state index contributed by atoms with van der Waals surface area (Å²) in [6.45, 7) is 0.733. The summed E-state index contributed by atoms with van der Waals surface area (Å²) in [5.74, 6) is 0.231. The standard InChI is InChI=1S/C13H17ClN2O/c1-16-6-5-12(15)11(8-13(16)17)9-3-2-4-10(14)7-9/h2-4,7,11-12H,5-6,8,15H2,1H3/t11-,12?/m0/s1. The molecule has 17 heavy (non-hydrogen) atoms. The topological polar surface area (TPSA) is 46.3 Å². The molecule has 0 aromatic heterocycles. The van der Waals surface area contributed by atoms with E-state index in [2.05, 4.69) is 0 Å². The Bertz CT molecular complexity index is 422. The monoisotopic (exact) mass is 252 g/mol. The summed E-state index contributed by atoms with van der Waals surface area (Å²) < 4.78 is 0. The number of amides is 1. The minimum absolute atomic E-state index is 0.0161. The van der Waals surface area contributed by atoms with E-state index in [0.717, 1.165) is 18.5 Å². The van der Waals surface area contributed by atoms with Crippen LogP contribution in [0.2, 0.25) is 5.02 Å². The predicted octanol–water partition coefficient (Wildman–Crippen LogP) is 2.00. The lowest BCUT2D eigenvalue weighted by Crippen LogP contribution is -2.28. The number of hydrogen-bond acceptors (Lipinski definition) is 2. The van der Waals surface area contributed by atoms with Gasteiger partial charge in [0.05, 0.1) is 0 Å². The van der Waals surface area contributed by atoms with Crippen LogP contribution in [0.5, 0.6) is 0 Å². The molecule has 1 amide bonds. The quantitative estimate of drug-likeness (QED) is 0.831. The number of benzene rings is 1. The van der Waals surface area contributed by atoms with Crippen molar-refractivity contribution >= 4 is 17.5 Å². The van der Waals surface area contributed by atoms with Gasteiger partial charge in [0.1, 0.15) is 0 Å². The molecule has 1 aromatic carbocycles. The highest BCUT2D eigenvalue weighted by molar-refractivity contribution is 6.30. The third kappa shape index (κ3) is 2.79. The van der Waals surface area contributed by atoms with Crippen LogP contribution in [-0.4, -0.2) is 30.4 Å². The number of likely N-dealkylation sites (tertiary alicyclic amines) is 1. The molecule has 0 spiro atoms. The lowest BCUT2D eigenvalue weighted by molar-refractivity contribution is -0.129. The smallest absolute Gasteiger partial charge is 0.222 e. The number of carbonyl (C=O) groups excluding carboxylic acids is 1. The van der Waals surface area contributed by atoms with Crippen LogP contribution in [-0.2, 0) is 4.79 Å². The first-order valence-corrected chi connectivity index (χ1v) is 6.20. The van der Waals surface area contributed by atoms with Crippen molar-refractivity contribution in [3.8, 4) is 0 Å². The molecule has 0 radical (unpaired) electrons. The van der Waals surface area contributed by atoms with Crippen molar-refractivity contribution in [3.63, 3.8) is 0 Å². The Balaban J connectivity index is 2.26. The van der Waals surface area contributed by atoms with E-state index in [1.807, 2.05) is 31.3 Å². The summed E-state index contributed by atoms with van der Waals surface area (Å²) in [7, 11) is 1.83. The number of nitrogens with zero attached hydrogens (tertiary/aromatic N) is 1. The van der Waals surface area contributed by atoms with Gasteiger partial charge in [0.25, 0.3) is 0 Å². The van der Waals surface area contributed by atoms with E-state index >= 15 is 0 Å². The molecule has 1 heterocycles. The van der Waals surface area contributed by atoms with E-state index in [-0.39, 0.29) is 17.9 Å². The summed E-state index contributed by atoms with van der Waals surface area (Å²) in [6.07, 6.45) is 1.30. The average Bonchev–Trinajstić information content (AvgIpc) is 2.43. The van der Waals surface area contributed by atoms with Gasteiger partial charge in [-0.05, 0) is 24.1 Å². The predicted molar refractivity (Wildman–Crippen MR) is 69.0 cm³/mol. The highest BCUT2D eigenvalue weighted by atomic mass is 35.5. The summed E-state index contributed by atoms with van der Waals surface area (Å²) in [6, 6.07) is 7.66. The summed E-state index contributed by atoms with van der Waals surface area (Å²) in [5, 5.41) is 0.694. The van der Waals surface area contributed by atoms with Crippen LogP contribution < -0.4 is 5.73 Å². The minimum atomic E-state index is 0.0161. The maximum Gasteiger partial charge on any atom is 0.222 e. The number of nitrogens with two attached hydrogens (primary N) is 1. The minimum Gasteiger partial charge on any atom is -0.346 e. The molecule has 1 aromatic rings. The van der Waals surface area contributed by atoms with E-state index in [0.29, 0.717) is 11.4 Å². The van der Waals surface area contributed by atoms with Crippen LogP contribution in [0.3, 0.4) is 0 Å². The molecule has 2 N–H and O–H groups in total. The summed E-state index contributed by atoms with van der Waals surface area (Å²) >= 11 is 5.98. The highest BCUT2D eigenvalue weighted by Crippen LogP contribution is 2.29. The van der Waals surface area contributed by atoms with Crippen molar-refractivity contribution in [2.24, 2.45) is 5.73 Å². The van der Waals surface area contributed by atoms with Crippen molar-refractivity contribution in [2.75, 3.05) is 13.6 Å². The first-order chi connectivity index (χ1) is 8.08. The molecule has 2 rings (SSSR count). The van der Waals surface area contributed by atoms with Gasteiger partial charge in [-0.3, -0.25) is 4.79 Å². The average molecular weight is 253 g/mol. The second-order valence-electron chi connectivity index (χ2n) is 4.63. The van der Waals surface area contributed by atoms with Gasteiger partial charge in [-0.2, -0.15) is 0 Å². The molecule has 2 atom stereocenters. The van der Waals surface area contributed by atoms with Crippen molar-refractivity contribution in [1.29, 1.82) is 0 Å². The van der Waals surface area contributed by atoms with E-state index < -0.39 is 0 Å². The molecule has 1 aliphatic rings. The number of hydrogen-bond donors (Lipinski definition) is 1. The van der Waals surface area contributed by atoms with Gasteiger partial charge in [-0.15, -0.1) is 0 Å². The van der Waals surface area contributed by atoms with Crippen molar-refractivity contribution in [3.05, 3.63) is 34.9 Å². The molecule has 92 valence electrons. The van der Waals surface area contributed by atoms with Gasteiger partial charge < -0.3 is 10.6 Å². The summed E-state index contributed by atoms with van der Waals surface area (Å²) in [4.78, 5) is 13.6. The Labute approximate surface area is 107 Å². The number of carbonyl (C=O) groups is 1. The SMILES string of the molecule is CN1CCC(N)[C@H](c2cccc(Cl)c2)CC1=O. The molecule has 4 heteroatoms. The van der Waals surface area contributed by atoms with Crippen LogP contribution in [0.1, 0.15) is 24.3 Å². The van der Waals surface area contributed by atoms with Crippen molar-refractivity contribution in [2.45, 2.75) is 24.8 Å². The largest absolute Gasteiger partial charge is 0.346 e. The normalized spacial score (nSPS) is 25.8. The van der Waals surface area contributed by atoms with Crippen LogP contribution in [0, 0.1) is 0 Å². The molecule has 1 unspecified atom stereocenters. The third-order valence-corrected chi connectivity index (χ3v) is 3.65. The molecular formula is C13H17ClN2O.